The summed E-state index contributed by atoms with van der Waals surface area (Å²) in [6, 6.07) is 0. The van der Waals surface area contributed by atoms with Gasteiger partial charge in [-0.05, 0) is 6.42 Å². The standard InChI is InChI=1S/C9H19NO2.ClH/c1-2-3-4-5-6-7-8-10-9(11)12;/h10H,2-8H2,1H3,(H,11,12);1H. The van der Waals surface area contributed by atoms with Gasteiger partial charge < -0.3 is 10.4 Å². The lowest BCUT2D eigenvalue weighted by atomic mass is 10.1. The van der Waals surface area contributed by atoms with Gasteiger partial charge >= 0.3 is 6.09 Å². The van der Waals surface area contributed by atoms with Crippen LogP contribution < -0.4 is 5.32 Å². The van der Waals surface area contributed by atoms with E-state index in [9.17, 15) is 4.79 Å². The number of rotatable bonds is 7. The summed E-state index contributed by atoms with van der Waals surface area (Å²) in [6.07, 6.45) is 6.26. The molecule has 4 heteroatoms. The van der Waals surface area contributed by atoms with Gasteiger partial charge in [0.05, 0.1) is 0 Å². The minimum atomic E-state index is -0.913. The van der Waals surface area contributed by atoms with Crippen molar-refractivity contribution in [2.45, 2.75) is 45.4 Å². The van der Waals surface area contributed by atoms with E-state index in [1.807, 2.05) is 0 Å². The summed E-state index contributed by atoms with van der Waals surface area (Å²) in [4.78, 5) is 10.0. The van der Waals surface area contributed by atoms with Crippen molar-refractivity contribution in [2.24, 2.45) is 0 Å². The van der Waals surface area contributed by atoms with Crippen LogP contribution in [0.5, 0.6) is 0 Å². The molecule has 0 spiro atoms. The Hall–Kier alpha value is -0.440. The van der Waals surface area contributed by atoms with Gasteiger partial charge in [-0.1, -0.05) is 39.0 Å². The topological polar surface area (TPSA) is 49.3 Å². The second-order valence-corrected chi connectivity index (χ2v) is 3.00. The van der Waals surface area contributed by atoms with Crippen molar-refractivity contribution in [2.75, 3.05) is 6.54 Å². The molecule has 3 nitrogen and oxygen atoms in total. The average molecular weight is 210 g/mol. The van der Waals surface area contributed by atoms with E-state index in [1.165, 1.54) is 25.7 Å². The first-order chi connectivity index (χ1) is 5.77. The number of unbranched alkanes of at least 4 members (excludes halogenated alkanes) is 5. The predicted octanol–water partition coefficient (Wildman–Crippen LogP) is 3.04. The summed E-state index contributed by atoms with van der Waals surface area (Å²) < 4.78 is 0. The third kappa shape index (κ3) is 14.4. The van der Waals surface area contributed by atoms with Crippen molar-refractivity contribution in [1.29, 1.82) is 0 Å². The Bertz CT molecular complexity index is 120. The molecule has 0 aliphatic rings. The molecule has 1 amide bonds. The van der Waals surface area contributed by atoms with Gasteiger partial charge in [0.15, 0.2) is 0 Å². The van der Waals surface area contributed by atoms with E-state index in [-0.39, 0.29) is 12.4 Å². The molecule has 0 saturated carbocycles. The van der Waals surface area contributed by atoms with Crippen molar-refractivity contribution < 1.29 is 9.90 Å². The van der Waals surface area contributed by atoms with Gasteiger partial charge in [-0.25, -0.2) is 4.79 Å². The van der Waals surface area contributed by atoms with Gasteiger partial charge in [0.1, 0.15) is 0 Å². The lowest BCUT2D eigenvalue weighted by molar-refractivity contribution is 0.194. The van der Waals surface area contributed by atoms with Crippen LogP contribution in [0.2, 0.25) is 0 Å². The molecule has 0 heterocycles. The van der Waals surface area contributed by atoms with E-state index in [2.05, 4.69) is 12.2 Å². The zero-order valence-corrected chi connectivity index (χ0v) is 9.03. The number of amides is 1. The van der Waals surface area contributed by atoms with Crippen molar-refractivity contribution in [3.63, 3.8) is 0 Å². The molecular weight excluding hydrogens is 190 g/mol. The van der Waals surface area contributed by atoms with Crippen molar-refractivity contribution in [3.05, 3.63) is 0 Å². The average Bonchev–Trinajstić information content (AvgIpc) is 2.02. The summed E-state index contributed by atoms with van der Waals surface area (Å²) in [5, 5.41) is 10.6. The van der Waals surface area contributed by atoms with Crippen LogP contribution in [0.4, 0.5) is 4.79 Å². The van der Waals surface area contributed by atoms with Gasteiger partial charge in [0.25, 0.3) is 0 Å². The number of hydrogen-bond acceptors (Lipinski definition) is 1. The van der Waals surface area contributed by atoms with Crippen LogP contribution in [0, 0.1) is 0 Å². The normalized spacial score (nSPS) is 9.00. The summed E-state index contributed by atoms with van der Waals surface area (Å²) in [7, 11) is 0. The maximum Gasteiger partial charge on any atom is 0.404 e. The molecule has 13 heavy (non-hydrogen) atoms. The molecule has 0 radical (unpaired) electrons. The van der Waals surface area contributed by atoms with Crippen molar-refractivity contribution in [3.8, 4) is 0 Å². The number of carbonyl (C=O) groups is 1. The molecule has 0 unspecified atom stereocenters. The Morgan fingerprint density at radius 2 is 1.69 bits per heavy atom. The van der Waals surface area contributed by atoms with Gasteiger partial charge in [-0.2, -0.15) is 0 Å². The summed E-state index contributed by atoms with van der Waals surface area (Å²) >= 11 is 0. The van der Waals surface area contributed by atoms with Crippen LogP contribution in [0.15, 0.2) is 0 Å². The van der Waals surface area contributed by atoms with Gasteiger partial charge in [-0.3, -0.25) is 0 Å². The van der Waals surface area contributed by atoms with E-state index >= 15 is 0 Å². The summed E-state index contributed by atoms with van der Waals surface area (Å²) in [5.74, 6) is 0. The molecule has 0 saturated heterocycles. The molecule has 0 fully saturated rings. The van der Waals surface area contributed by atoms with E-state index in [4.69, 9.17) is 5.11 Å². The van der Waals surface area contributed by atoms with Crippen molar-refractivity contribution >= 4 is 18.5 Å². The fraction of sp³-hybridized carbons (Fsp3) is 0.889. The smallest absolute Gasteiger partial charge is 0.404 e. The van der Waals surface area contributed by atoms with Crippen molar-refractivity contribution in [1.82, 2.24) is 5.32 Å². The monoisotopic (exact) mass is 209 g/mol. The molecule has 80 valence electrons. The SMILES string of the molecule is CCCCCCCCNC(=O)O.Cl. The molecule has 0 aliphatic carbocycles. The fourth-order valence-electron chi connectivity index (χ4n) is 1.10. The Kier molecular flexibility index (Phi) is 13.4. The largest absolute Gasteiger partial charge is 0.465 e. The van der Waals surface area contributed by atoms with Crippen LogP contribution in [-0.4, -0.2) is 17.7 Å². The van der Waals surface area contributed by atoms with Crippen LogP contribution in [0.1, 0.15) is 45.4 Å². The van der Waals surface area contributed by atoms with E-state index in [0.29, 0.717) is 6.54 Å². The quantitative estimate of drug-likeness (QED) is 0.634. The maximum absolute atomic E-state index is 10.0. The zero-order valence-electron chi connectivity index (χ0n) is 8.21. The third-order valence-corrected chi connectivity index (χ3v) is 1.81. The maximum atomic E-state index is 10.0. The lowest BCUT2D eigenvalue weighted by Gasteiger charge is -2.00. The highest BCUT2D eigenvalue weighted by Crippen LogP contribution is 2.03. The van der Waals surface area contributed by atoms with Crippen LogP contribution in [-0.2, 0) is 0 Å². The Labute approximate surface area is 86.3 Å². The molecule has 0 aromatic rings. The highest BCUT2D eigenvalue weighted by Gasteiger charge is 1.92. The Morgan fingerprint density at radius 3 is 2.23 bits per heavy atom. The predicted molar refractivity (Wildman–Crippen MR) is 56.7 cm³/mol. The number of nitrogens with one attached hydrogen (secondary N) is 1. The molecule has 0 aromatic heterocycles. The van der Waals surface area contributed by atoms with Gasteiger partial charge in [0.2, 0.25) is 0 Å². The molecule has 0 aliphatic heterocycles. The second kappa shape index (κ2) is 11.6. The third-order valence-electron chi connectivity index (χ3n) is 1.81. The van der Waals surface area contributed by atoms with E-state index < -0.39 is 6.09 Å². The zero-order chi connectivity index (χ0) is 9.23. The fourth-order valence-corrected chi connectivity index (χ4v) is 1.10. The van der Waals surface area contributed by atoms with Gasteiger partial charge in [-0.15, -0.1) is 12.4 Å². The minimum absolute atomic E-state index is 0. The van der Waals surface area contributed by atoms with Crippen LogP contribution >= 0.6 is 12.4 Å². The molecule has 0 aromatic carbocycles. The molecular formula is C9H20ClNO2. The van der Waals surface area contributed by atoms with Gasteiger partial charge in [0, 0.05) is 6.54 Å². The Balaban J connectivity index is 0. The minimum Gasteiger partial charge on any atom is -0.465 e. The first-order valence-corrected chi connectivity index (χ1v) is 4.74. The summed E-state index contributed by atoms with van der Waals surface area (Å²) in [6.45, 7) is 2.79. The van der Waals surface area contributed by atoms with E-state index in [1.54, 1.807) is 0 Å². The number of hydrogen-bond donors (Lipinski definition) is 2. The first kappa shape index (κ1) is 15.1. The van der Waals surface area contributed by atoms with E-state index in [0.717, 1.165) is 12.8 Å². The molecule has 0 atom stereocenters. The first-order valence-electron chi connectivity index (χ1n) is 4.74. The molecule has 2 N–H and O–H groups in total. The van der Waals surface area contributed by atoms with Crippen LogP contribution in [0.3, 0.4) is 0 Å². The van der Waals surface area contributed by atoms with Crippen LogP contribution in [0.25, 0.3) is 0 Å². The highest BCUT2D eigenvalue weighted by atomic mass is 35.5. The lowest BCUT2D eigenvalue weighted by Crippen LogP contribution is -2.21. The highest BCUT2D eigenvalue weighted by molar-refractivity contribution is 5.85. The number of carboxylic acid groups (broad SMARTS) is 1. The molecule has 0 rings (SSSR count). The summed E-state index contributed by atoms with van der Waals surface area (Å²) in [5.41, 5.74) is 0. The Morgan fingerprint density at radius 1 is 1.15 bits per heavy atom. The number of halogens is 1. The second-order valence-electron chi connectivity index (χ2n) is 3.00. The molecule has 0 bridgehead atoms.